The van der Waals surface area contributed by atoms with Crippen molar-refractivity contribution in [3.63, 3.8) is 0 Å². The highest BCUT2D eigenvalue weighted by Gasteiger charge is 2.22. The molecule has 2 aromatic carbocycles. The van der Waals surface area contributed by atoms with Gasteiger partial charge in [-0.3, -0.25) is 9.10 Å². The van der Waals surface area contributed by atoms with E-state index in [2.05, 4.69) is 5.32 Å². The minimum atomic E-state index is -3.73. The second-order valence-electron chi connectivity index (χ2n) is 5.93. The van der Waals surface area contributed by atoms with Crippen LogP contribution in [0.4, 0.5) is 10.1 Å². The zero-order valence-electron chi connectivity index (χ0n) is 15.1. The first-order valence-electron chi connectivity index (χ1n) is 7.98. The number of anilines is 1. The molecule has 0 aliphatic carbocycles. The number of nitrogens with zero attached hydrogens (tertiary/aromatic N) is 1. The standard InChI is InChI=1S/C18H20ClFN2O4S/c1-12(13-4-6-14(20)7-5-13)21-18(23)11-22(27(3,24)25)15-8-9-17(26-2)16(19)10-15/h4-10,12H,11H2,1-3H3,(H,21,23). The predicted octanol–water partition coefficient (Wildman–Crippen LogP) is 3.13. The van der Waals surface area contributed by atoms with Gasteiger partial charge >= 0.3 is 0 Å². The largest absolute Gasteiger partial charge is 0.495 e. The molecule has 0 saturated heterocycles. The van der Waals surface area contributed by atoms with Crippen molar-refractivity contribution in [2.24, 2.45) is 0 Å². The van der Waals surface area contributed by atoms with Crippen LogP contribution in [0.3, 0.4) is 0 Å². The van der Waals surface area contributed by atoms with Gasteiger partial charge in [-0.2, -0.15) is 0 Å². The molecule has 2 aromatic rings. The molecule has 0 saturated carbocycles. The second-order valence-corrected chi connectivity index (χ2v) is 8.24. The van der Waals surface area contributed by atoms with E-state index in [0.29, 0.717) is 11.3 Å². The van der Waals surface area contributed by atoms with Gasteiger partial charge < -0.3 is 10.1 Å². The van der Waals surface area contributed by atoms with Gasteiger partial charge in [-0.25, -0.2) is 12.8 Å². The fraction of sp³-hybridized carbons (Fsp3) is 0.278. The van der Waals surface area contributed by atoms with Gasteiger partial charge in [0.1, 0.15) is 18.1 Å². The molecule has 6 nitrogen and oxygen atoms in total. The summed E-state index contributed by atoms with van der Waals surface area (Å²) in [6.07, 6.45) is 1.00. The lowest BCUT2D eigenvalue weighted by Gasteiger charge is -2.23. The van der Waals surface area contributed by atoms with Crippen molar-refractivity contribution in [3.05, 3.63) is 58.9 Å². The molecule has 2 rings (SSSR count). The van der Waals surface area contributed by atoms with Crippen LogP contribution in [0.25, 0.3) is 0 Å². The average Bonchev–Trinajstić information content (AvgIpc) is 2.59. The number of hydrogen-bond donors (Lipinski definition) is 1. The zero-order valence-corrected chi connectivity index (χ0v) is 16.6. The lowest BCUT2D eigenvalue weighted by Crippen LogP contribution is -2.41. The highest BCUT2D eigenvalue weighted by molar-refractivity contribution is 7.92. The maximum atomic E-state index is 13.0. The van der Waals surface area contributed by atoms with Crippen LogP contribution in [0.15, 0.2) is 42.5 Å². The zero-order chi connectivity index (χ0) is 20.2. The molecule has 0 spiro atoms. The number of carbonyl (C=O) groups excluding carboxylic acids is 1. The molecular weight excluding hydrogens is 395 g/mol. The molecule has 9 heteroatoms. The Bertz CT molecular complexity index is 919. The number of amides is 1. The third-order valence-electron chi connectivity index (χ3n) is 3.86. The summed E-state index contributed by atoms with van der Waals surface area (Å²) in [5.74, 6) is -0.496. The average molecular weight is 415 g/mol. The van der Waals surface area contributed by atoms with Crippen LogP contribution in [0.1, 0.15) is 18.5 Å². The van der Waals surface area contributed by atoms with Gasteiger partial charge in [-0.15, -0.1) is 0 Å². The van der Waals surface area contributed by atoms with Gasteiger partial charge in [0.15, 0.2) is 0 Å². The third-order valence-corrected chi connectivity index (χ3v) is 5.29. The molecular formula is C18H20ClFN2O4S. The number of rotatable bonds is 7. The topological polar surface area (TPSA) is 75.7 Å². The molecule has 1 N–H and O–H groups in total. The maximum absolute atomic E-state index is 13.0. The lowest BCUT2D eigenvalue weighted by atomic mass is 10.1. The molecule has 0 heterocycles. The molecule has 0 radical (unpaired) electrons. The van der Waals surface area contributed by atoms with E-state index < -0.39 is 28.5 Å². The minimum Gasteiger partial charge on any atom is -0.495 e. The molecule has 146 valence electrons. The Morgan fingerprint density at radius 2 is 1.89 bits per heavy atom. The number of nitrogens with one attached hydrogen (secondary N) is 1. The van der Waals surface area contributed by atoms with E-state index in [0.717, 1.165) is 10.6 Å². The first-order valence-corrected chi connectivity index (χ1v) is 10.2. The minimum absolute atomic E-state index is 0.226. The van der Waals surface area contributed by atoms with Crippen molar-refractivity contribution in [2.75, 3.05) is 24.2 Å². The van der Waals surface area contributed by atoms with Gasteiger partial charge in [0, 0.05) is 0 Å². The fourth-order valence-electron chi connectivity index (χ4n) is 2.46. The number of hydrogen-bond acceptors (Lipinski definition) is 4. The predicted molar refractivity (Wildman–Crippen MR) is 103 cm³/mol. The number of ether oxygens (including phenoxy) is 1. The van der Waals surface area contributed by atoms with Crippen molar-refractivity contribution in [1.82, 2.24) is 5.32 Å². The fourth-order valence-corrected chi connectivity index (χ4v) is 3.56. The summed E-state index contributed by atoms with van der Waals surface area (Å²) in [6, 6.07) is 9.71. The van der Waals surface area contributed by atoms with E-state index in [-0.39, 0.29) is 16.5 Å². The highest BCUT2D eigenvalue weighted by atomic mass is 35.5. The van der Waals surface area contributed by atoms with Crippen LogP contribution in [0, 0.1) is 5.82 Å². The van der Waals surface area contributed by atoms with Gasteiger partial charge in [-0.05, 0) is 42.8 Å². The van der Waals surface area contributed by atoms with Crippen molar-refractivity contribution < 1.29 is 22.3 Å². The normalized spacial score (nSPS) is 12.3. The Morgan fingerprint density at radius 3 is 2.41 bits per heavy atom. The number of methoxy groups -OCH3 is 1. The first kappa shape index (κ1) is 21.0. The second kappa shape index (κ2) is 8.58. The van der Waals surface area contributed by atoms with Crippen molar-refractivity contribution in [3.8, 4) is 5.75 Å². The number of benzene rings is 2. The molecule has 0 aliphatic heterocycles. The van der Waals surface area contributed by atoms with E-state index in [1.54, 1.807) is 19.1 Å². The first-order chi connectivity index (χ1) is 12.6. The molecule has 27 heavy (non-hydrogen) atoms. The molecule has 0 bridgehead atoms. The van der Waals surface area contributed by atoms with Gasteiger partial charge in [-0.1, -0.05) is 23.7 Å². The van der Waals surface area contributed by atoms with Crippen LogP contribution >= 0.6 is 11.6 Å². The number of sulfonamides is 1. The Hall–Kier alpha value is -2.32. The molecule has 0 aliphatic rings. The quantitative estimate of drug-likeness (QED) is 0.755. The van der Waals surface area contributed by atoms with Crippen LogP contribution in [-0.2, 0) is 14.8 Å². The monoisotopic (exact) mass is 414 g/mol. The smallest absolute Gasteiger partial charge is 0.241 e. The summed E-state index contributed by atoms with van der Waals surface area (Å²) in [4.78, 5) is 12.4. The molecule has 1 unspecified atom stereocenters. The summed E-state index contributed by atoms with van der Waals surface area (Å²) in [5, 5.41) is 2.93. The Morgan fingerprint density at radius 1 is 1.26 bits per heavy atom. The van der Waals surface area contributed by atoms with Crippen LogP contribution in [0.5, 0.6) is 5.75 Å². The van der Waals surface area contributed by atoms with Crippen LogP contribution in [0.2, 0.25) is 5.02 Å². The summed E-state index contributed by atoms with van der Waals surface area (Å²) in [6.45, 7) is 1.30. The van der Waals surface area contributed by atoms with Gasteiger partial charge in [0.05, 0.1) is 30.1 Å². The Labute approximate surface area is 162 Å². The van der Waals surface area contributed by atoms with Gasteiger partial charge in [0.25, 0.3) is 0 Å². The molecule has 1 amide bonds. The maximum Gasteiger partial charge on any atom is 0.241 e. The van der Waals surface area contributed by atoms with E-state index in [9.17, 15) is 17.6 Å². The van der Waals surface area contributed by atoms with Crippen LogP contribution in [-0.4, -0.2) is 34.2 Å². The van der Waals surface area contributed by atoms with Crippen LogP contribution < -0.4 is 14.4 Å². The molecule has 0 fully saturated rings. The molecule has 0 aromatic heterocycles. The summed E-state index contributed by atoms with van der Waals surface area (Å²) < 4.78 is 43.3. The van der Waals surface area contributed by atoms with Gasteiger partial charge in [0.2, 0.25) is 15.9 Å². The van der Waals surface area contributed by atoms with Crippen molar-refractivity contribution in [1.29, 1.82) is 0 Å². The number of carbonyl (C=O) groups is 1. The number of halogens is 2. The van der Waals surface area contributed by atoms with E-state index >= 15 is 0 Å². The van der Waals surface area contributed by atoms with Crippen molar-refractivity contribution in [2.45, 2.75) is 13.0 Å². The SMILES string of the molecule is COc1ccc(N(CC(=O)NC(C)c2ccc(F)cc2)S(C)(=O)=O)cc1Cl. The highest BCUT2D eigenvalue weighted by Crippen LogP contribution is 2.30. The summed E-state index contributed by atoms with van der Waals surface area (Å²) in [5.41, 5.74) is 0.941. The van der Waals surface area contributed by atoms with E-state index in [4.69, 9.17) is 16.3 Å². The van der Waals surface area contributed by atoms with Crippen molar-refractivity contribution >= 4 is 33.2 Å². The third kappa shape index (κ3) is 5.58. The molecule has 1 atom stereocenters. The van der Waals surface area contributed by atoms with E-state index in [1.165, 1.54) is 37.4 Å². The van der Waals surface area contributed by atoms with E-state index in [1.807, 2.05) is 0 Å². The Balaban J connectivity index is 2.17. The lowest BCUT2D eigenvalue weighted by molar-refractivity contribution is -0.120. The Kier molecular flexibility index (Phi) is 6.67. The summed E-state index contributed by atoms with van der Waals surface area (Å²) >= 11 is 6.06. The summed E-state index contributed by atoms with van der Waals surface area (Å²) in [7, 11) is -2.29.